The highest BCUT2D eigenvalue weighted by Gasteiger charge is 2.18. The molecule has 2 aromatic heterocycles. The fourth-order valence-electron chi connectivity index (χ4n) is 2.80. The monoisotopic (exact) mass is 347 g/mol. The summed E-state index contributed by atoms with van der Waals surface area (Å²) >= 11 is 1.43. The minimum atomic E-state index is -0.182. The van der Waals surface area contributed by atoms with E-state index < -0.39 is 0 Å². The van der Waals surface area contributed by atoms with E-state index in [0.717, 1.165) is 17.7 Å². The molecule has 0 saturated heterocycles. The average molecular weight is 347 g/mol. The van der Waals surface area contributed by atoms with Gasteiger partial charge in [0.25, 0.3) is 0 Å². The van der Waals surface area contributed by atoms with E-state index in [2.05, 4.69) is 15.3 Å². The molecule has 24 heavy (non-hydrogen) atoms. The summed E-state index contributed by atoms with van der Waals surface area (Å²) in [6.45, 7) is 1.76. The zero-order chi connectivity index (χ0) is 16.9. The highest BCUT2D eigenvalue weighted by atomic mass is 32.1. The topological polar surface area (TPSA) is 84.3 Å². The lowest BCUT2D eigenvalue weighted by atomic mass is 10.2. The molecule has 1 fully saturated rings. The highest BCUT2D eigenvalue weighted by Crippen LogP contribution is 2.25. The molecule has 0 bridgehead atoms. The Kier molecular flexibility index (Phi) is 5.42. The summed E-state index contributed by atoms with van der Waals surface area (Å²) in [5.41, 5.74) is 1.10. The van der Waals surface area contributed by atoms with Crippen LogP contribution in [0.1, 0.15) is 41.9 Å². The summed E-state index contributed by atoms with van der Waals surface area (Å²) in [6, 6.07) is 3.52. The number of hydrogen-bond donors (Lipinski definition) is 2. The van der Waals surface area contributed by atoms with Crippen LogP contribution in [0.2, 0.25) is 0 Å². The van der Waals surface area contributed by atoms with Crippen molar-refractivity contribution in [1.82, 2.24) is 9.97 Å². The SMILES string of the molecule is Cc1cnc(NC(=O)Cc2cc(OC3CCCC3)cc(CO)n2)s1. The second-order valence-electron chi connectivity index (χ2n) is 5.97. The number of ether oxygens (including phenoxy) is 1. The van der Waals surface area contributed by atoms with E-state index in [-0.39, 0.29) is 25.0 Å². The van der Waals surface area contributed by atoms with Gasteiger partial charge in [-0.1, -0.05) is 0 Å². The van der Waals surface area contributed by atoms with Crippen LogP contribution >= 0.6 is 11.3 Å². The summed E-state index contributed by atoms with van der Waals surface area (Å²) in [5, 5.41) is 12.7. The van der Waals surface area contributed by atoms with Gasteiger partial charge in [-0.3, -0.25) is 9.78 Å². The molecule has 2 aromatic rings. The number of carbonyl (C=O) groups is 1. The van der Waals surface area contributed by atoms with Crippen LogP contribution in [0, 0.1) is 6.92 Å². The zero-order valence-electron chi connectivity index (χ0n) is 13.6. The number of hydrogen-bond acceptors (Lipinski definition) is 6. The Labute approximate surface area is 144 Å². The van der Waals surface area contributed by atoms with Crippen LogP contribution in [-0.4, -0.2) is 27.1 Å². The van der Waals surface area contributed by atoms with Crippen LogP contribution in [0.3, 0.4) is 0 Å². The molecule has 1 aliphatic rings. The number of aliphatic hydroxyl groups excluding tert-OH is 1. The number of anilines is 1. The minimum absolute atomic E-state index is 0.119. The maximum Gasteiger partial charge on any atom is 0.232 e. The molecule has 0 aromatic carbocycles. The largest absolute Gasteiger partial charge is 0.490 e. The Morgan fingerprint density at radius 2 is 2.12 bits per heavy atom. The van der Waals surface area contributed by atoms with E-state index in [1.807, 2.05) is 6.92 Å². The van der Waals surface area contributed by atoms with Crippen LogP contribution in [-0.2, 0) is 17.8 Å². The van der Waals surface area contributed by atoms with Crippen molar-refractivity contribution >= 4 is 22.4 Å². The lowest BCUT2D eigenvalue weighted by Gasteiger charge is -2.14. The molecule has 1 aliphatic carbocycles. The number of aryl methyl sites for hydroxylation is 1. The van der Waals surface area contributed by atoms with Gasteiger partial charge in [0, 0.05) is 23.2 Å². The first kappa shape index (κ1) is 16.9. The molecule has 0 radical (unpaired) electrons. The number of nitrogens with one attached hydrogen (secondary N) is 1. The first-order valence-corrected chi connectivity index (χ1v) is 8.93. The number of rotatable bonds is 6. The zero-order valence-corrected chi connectivity index (χ0v) is 14.4. The lowest BCUT2D eigenvalue weighted by molar-refractivity contribution is -0.115. The van der Waals surface area contributed by atoms with Crippen LogP contribution < -0.4 is 10.1 Å². The van der Waals surface area contributed by atoms with Gasteiger partial charge in [-0.2, -0.15) is 0 Å². The number of nitrogens with zero attached hydrogens (tertiary/aromatic N) is 2. The normalized spacial score (nSPS) is 14.8. The van der Waals surface area contributed by atoms with Crippen molar-refractivity contribution in [1.29, 1.82) is 0 Å². The molecule has 1 saturated carbocycles. The third-order valence-corrected chi connectivity index (χ3v) is 4.71. The minimum Gasteiger partial charge on any atom is -0.490 e. The van der Waals surface area contributed by atoms with Crippen molar-refractivity contribution in [3.63, 3.8) is 0 Å². The molecule has 6 nitrogen and oxygen atoms in total. The summed E-state index contributed by atoms with van der Waals surface area (Å²) in [4.78, 5) is 21.6. The number of amides is 1. The first-order chi connectivity index (χ1) is 11.6. The smallest absolute Gasteiger partial charge is 0.232 e. The molecule has 2 heterocycles. The van der Waals surface area contributed by atoms with Gasteiger partial charge in [0.1, 0.15) is 5.75 Å². The number of thiazole rings is 1. The van der Waals surface area contributed by atoms with Crippen LogP contribution in [0.5, 0.6) is 5.75 Å². The third-order valence-electron chi connectivity index (χ3n) is 3.88. The van der Waals surface area contributed by atoms with Gasteiger partial charge in [-0.25, -0.2) is 4.98 Å². The second kappa shape index (κ2) is 7.72. The predicted octanol–water partition coefficient (Wildman–Crippen LogP) is 2.84. The number of pyridine rings is 1. The van der Waals surface area contributed by atoms with Crippen LogP contribution in [0.15, 0.2) is 18.3 Å². The van der Waals surface area contributed by atoms with Crippen molar-refractivity contribution in [2.45, 2.75) is 51.7 Å². The van der Waals surface area contributed by atoms with Crippen molar-refractivity contribution in [3.8, 4) is 5.75 Å². The van der Waals surface area contributed by atoms with Crippen LogP contribution in [0.25, 0.3) is 0 Å². The number of aromatic nitrogens is 2. The fraction of sp³-hybridized carbons (Fsp3) is 0.471. The van der Waals surface area contributed by atoms with Gasteiger partial charge in [-0.15, -0.1) is 11.3 Å². The van der Waals surface area contributed by atoms with Crippen molar-refractivity contribution in [3.05, 3.63) is 34.6 Å². The molecule has 7 heteroatoms. The van der Waals surface area contributed by atoms with Gasteiger partial charge >= 0.3 is 0 Å². The van der Waals surface area contributed by atoms with Gasteiger partial charge in [-0.05, 0) is 32.6 Å². The highest BCUT2D eigenvalue weighted by molar-refractivity contribution is 7.15. The molecule has 128 valence electrons. The Balaban J connectivity index is 1.67. The van der Waals surface area contributed by atoms with E-state index in [1.54, 1.807) is 18.3 Å². The van der Waals surface area contributed by atoms with E-state index in [1.165, 1.54) is 24.2 Å². The van der Waals surface area contributed by atoms with E-state index >= 15 is 0 Å². The van der Waals surface area contributed by atoms with Gasteiger partial charge in [0.05, 0.1) is 30.5 Å². The molecule has 1 amide bonds. The molecule has 0 aliphatic heterocycles. The van der Waals surface area contributed by atoms with Crippen molar-refractivity contribution in [2.75, 3.05) is 5.32 Å². The third kappa shape index (κ3) is 4.52. The lowest BCUT2D eigenvalue weighted by Crippen LogP contribution is -2.16. The van der Waals surface area contributed by atoms with Gasteiger partial charge < -0.3 is 15.2 Å². The molecule has 3 rings (SSSR count). The molecular formula is C17H21N3O3S. The Hall–Kier alpha value is -1.99. The summed E-state index contributed by atoms with van der Waals surface area (Å²) < 4.78 is 5.97. The summed E-state index contributed by atoms with van der Waals surface area (Å²) in [5.74, 6) is 0.493. The average Bonchev–Trinajstić information content (AvgIpc) is 3.18. The van der Waals surface area contributed by atoms with Crippen LogP contribution in [0.4, 0.5) is 5.13 Å². The van der Waals surface area contributed by atoms with E-state index in [9.17, 15) is 9.90 Å². The molecule has 2 N–H and O–H groups in total. The molecule has 0 unspecified atom stereocenters. The second-order valence-corrected chi connectivity index (χ2v) is 7.20. The molecular weight excluding hydrogens is 326 g/mol. The van der Waals surface area contributed by atoms with E-state index in [4.69, 9.17) is 4.74 Å². The molecule has 0 atom stereocenters. The Bertz CT molecular complexity index is 711. The first-order valence-electron chi connectivity index (χ1n) is 8.12. The Morgan fingerprint density at radius 1 is 1.38 bits per heavy atom. The number of carbonyl (C=O) groups excluding carboxylic acids is 1. The summed E-state index contributed by atoms with van der Waals surface area (Å²) in [7, 11) is 0. The van der Waals surface area contributed by atoms with Gasteiger partial charge in [0.2, 0.25) is 5.91 Å². The van der Waals surface area contributed by atoms with Gasteiger partial charge in [0.15, 0.2) is 5.13 Å². The number of aliphatic hydroxyl groups is 1. The predicted molar refractivity (Wildman–Crippen MR) is 92.2 cm³/mol. The van der Waals surface area contributed by atoms with E-state index in [0.29, 0.717) is 22.3 Å². The maximum atomic E-state index is 12.2. The maximum absolute atomic E-state index is 12.2. The summed E-state index contributed by atoms with van der Waals surface area (Å²) in [6.07, 6.45) is 6.53. The fourth-order valence-corrected chi connectivity index (χ4v) is 3.48. The quantitative estimate of drug-likeness (QED) is 0.839. The molecule has 0 spiro atoms. The van der Waals surface area contributed by atoms with Crippen molar-refractivity contribution in [2.24, 2.45) is 0 Å². The van der Waals surface area contributed by atoms with Crippen molar-refractivity contribution < 1.29 is 14.6 Å². The Morgan fingerprint density at radius 3 is 2.79 bits per heavy atom. The standard InChI is InChI=1S/C17H21N3O3S/c1-11-9-18-17(24-11)20-16(22)8-12-6-15(7-13(10-21)19-12)23-14-4-2-3-5-14/h6-7,9,14,21H,2-5,8,10H2,1H3,(H,18,20,22).